The molecule has 23 heavy (non-hydrogen) atoms. The Kier molecular flexibility index (Phi) is 5.41. The third-order valence-electron chi connectivity index (χ3n) is 4.49. The number of nitrogens with one attached hydrogen (secondary N) is 1. The summed E-state index contributed by atoms with van der Waals surface area (Å²) in [6, 6.07) is 8.01. The monoisotopic (exact) mass is 338 g/mol. The van der Waals surface area contributed by atoms with Crippen molar-refractivity contribution in [3.63, 3.8) is 0 Å². The van der Waals surface area contributed by atoms with Gasteiger partial charge in [-0.15, -0.1) is 0 Å². The zero-order valence-corrected chi connectivity index (χ0v) is 13.8. The van der Waals surface area contributed by atoms with Crippen molar-refractivity contribution in [2.45, 2.75) is 37.3 Å². The summed E-state index contributed by atoms with van der Waals surface area (Å²) in [5.74, 6) is 0.365. The fourth-order valence-corrected chi connectivity index (χ4v) is 3.39. The van der Waals surface area contributed by atoms with Gasteiger partial charge in [-0.3, -0.25) is 0 Å². The number of nitrogens with zero attached hydrogens (tertiary/aromatic N) is 1. The first-order valence-corrected chi connectivity index (χ1v) is 8.58. The number of carbonyl (C=O) groups excluding carboxylic acids is 1. The van der Waals surface area contributed by atoms with Crippen LogP contribution in [0, 0.1) is 0 Å². The van der Waals surface area contributed by atoms with Gasteiger partial charge in [-0.05, 0) is 37.0 Å². The van der Waals surface area contributed by atoms with Crippen LogP contribution in [0.1, 0.15) is 30.7 Å². The van der Waals surface area contributed by atoms with E-state index in [9.17, 15) is 4.79 Å². The highest BCUT2D eigenvalue weighted by Crippen LogP contribution is 2.41. The second-order valence-corrected chi connectivity index (χ2v) is 6.69. The van der Waals surface area contributed by atoms with Crippen LogP contribution >= 0.6 is 11.6 Å². The molecule has 1 heterocycles. The van der Waals surface area contributed by atoms with Crippen molar-refractivity contribution < 1.29 is 14.6 Å². The normalized spacial score (nSPS) is 26.9. The van der Waals surface area contributed by atoms with Gasteiger partial charge in [0.05, 0.1) is 19.3 Å². The highest BCUT2D eigenvalue weighted by Gasteiger charge is 2.40. The zero-order chi connectivity index (χ0) is 16.2. The molecule has 6 heteroatoms. The van der Waals surface area contributed by atoms with Gasteiger partial charge in [0.1, 0.15) is 0 Å². The number of carbonyl (C=O) groups is 1. The van der Waals surface area contributed by atoms with Crippen molar-refractivity contribution >= 4 is 17.6 Å². The molecule has 3 atom stereocenters. The van der Waals surface area contributed by atoms with E-state index in [0.29, 0.717) is 19.1 Å². The molecule has 2 N–H and O–H groups in total. The number of hydrogen-bond donors (Lipinski definition) is 2. The largest absolute Gasteiger partial charge is 0.394 e. The maximum Gasteiger partial charge on any atom is 0.317 e. The van der Waals surface area contributed by atoms with E-state index in [-0.39, 0.29) is 24.8 Å². The van der Waals surface area contributed by atoms with Crippen molar-refractivity contribution in [1.29, 1.82) is 0 Å². The second-order valence-electron chi connectivity index (χ2n) is 6.26. The summed E-state index contributed by atoms with van der Waals surface area (Å²) in [5, 5.41) is 12.7. The van der Waals surface area contributed by atoms with Crippen LogP contribution in [0.2, 0.25) is 5.02 Å². The van der Waals surface area contributed by atoms with Crippen LogP contribution in [0.5, 0.6) is 0 Å². The molecule has 0 unspecified atom stereocenters. The molecule has 3 rings (SSSR count). The summed E-state index contributed by atoms with van der Waals surface area (Å²) in [5.41, 5.74) is 1.19. The molecule has 1 saturated heterocycles. The van der Waals surface area contributed by atoms with E-state index in [0.717, 1.165) is 30.8 Å². The Morgan fingerprint density at radius 3 is 3.13 bits per heavy atom. The number of halogens is 1. The second kappa shape index (κ2) is 7.51. The Hall–Kier alpha value is -1.30. The van der Waals surface area contributed by atoms with Gasteiger partial charge in [-0.1, -0.05) is 23.7 Å². The lowest BCUT2D eigenvalue weighted by Gasteiger charge is -2.32. The quantitative estimate of drug-likeness (QED) is 0.866. The Morgan fingerprint density at radius 2 is 2.35 bits per heavy atom. The maximum absolute atomic E-state index is 12.4. The summed E-state index contributed by atoms with van der Waals surface area (Å²) in [7, 11) is 0. The molecular formula is C17H23ClN2O3. The minimum Gasteiger partial charge on any atom is -0.394 e. The summed E-state index contributed by atoms with van der Waals surface area (Å²) in [6.07, 6.45) is 2.87. The predicted molar refractivity (Wildman–Crippen MR) is 88.8 cm³/mol. The average molecular weight is 339 g/mol. The van der Waals surface area contributed by atoms with E-state index in [4.69, 9.17) is 21.4 Å². The standard InChI is InChI=1S/C17H23ClN2O3/c18-13-4-1-3-12(9-13)15-10-16(15)19-17(22)20-6-2-5-14(11-20)23-8-7-21/h1,3-4,9,14-16,21H,2,5-8,10-11H2,(H,19,22)/t14-,15+,16+/m0/s1. The summed E-state index contributed by atoms with van der Waals surface area (Å²) in [4.78, 5) is 14.2. The van der Waals surface area contributed by atoms with Crippen LogP contribution in [-0.4, -0.2) is 54.5 Å². The van der Waals surface area contributed by atoms with E-state index in [1.165, 1.54) is 5.56 Å². The molecule has 1 aromatic carbocycles. The van der Waals surface area contributed by atoms with E-state index >= 15 is 0 Å². The fourth-order valence-electron chi connectivity index (χ4n) is 3.19. The van der Waals surface area contributed by atoms with Crippen molar-refractivity contribution in [2.75, 3.05) is 26.3 Å². The number of aliphatic hydroxyl groups excluding tert-OH is 1. The van der Waals surface area contributed by atoms with Crippen molar-refractivity contribution in [3.05, 3.63) is 34.9 Å². The third kappa shape index (κ3) is 4.37. The first kappa shape index (κ1) is 16.6. The highest BCUT2D eigenvalue weighted by atomic mass is 35.5. The number of ether oxygens (including phenoxy) is 1. The molecule has 1 saturated carbocycles. The molecule has 0 aromatic heterocycles. The van der Waals surface area contributed by atoms with Crippen molar-refractivity contribution in [3.8, 4) is 0 Å². The molecule has 2 amide bonds. The van der Waals surface area contributed by atoms with Gasteiger partial charge in [0, 0.05) is 30.1 Å². The maximum atomic E-state index is 12.4. The smallest absolute Gasteiger partial charge is 0.317 e. The molecule has 1 aromatic rings. The number of urea groups is 1. The predicted octanol–water partition coefficient (Wildman–Crippen LogP) is 2.38. The van der Waals surface area contributed by atoms with Gasteiger partial charge >= 0.3 is 6.03 Å². The first-order valence-electron chi connectivity index (χ1n) is 8.20. The van der Waals surface area contributed by atoms with Gasteiger partial charge < -0.3 is 20.1 Å². The molecule has 0 bridgehead atoms. The van der Waals surface area contributed by atoms with Crippen LogP contribution in [0.25, 0.3) is 0 Å². The molecule has 5 nitrogen and oxygen atoms in total. The van der Waals surface area contributed by atoms with Gasteiger partial charge in [-0.25, -0.2) is 4.79 Å². The van der Waals surface area contributed by atoms with Crippen molar-refractivity contribution in [2.24, 2.45) is 0 Å². The zero-order valence-electron chi connectivity index (χ0n) is 13.1. The molecule has 0 spiro atoms. The van der Waals surface area contributed by atoms with E-state index < -0.39 is 0 Å². The van der Waals surface area contributed by atoms with Crippen LogP contribution in [0.4, 0.5) is 4.79 Å². The topological polar surface area (TPSA) is 61.8 Å². The first-order chi connectivity index (χ1) is 11.2. The van der Waals surface area contributed by atoms with Crippen LogP contribution < -0.4 is 5.32 Å². The Morgan fingerprint density at radius 1 is 1.48 bits per heavy atom. The summed E-state index contributed by atoms with van der Waals surface area (Å²) in [6.45, 7) is 1.71. The minimum atomic E-state index is -0.0168. The molecule has 2 fully saturated rings. The van der Waals surface area contributed by atoms with Gasteiger partial charge in [0.25, 0.3) is 0 Å². The number of aliphatic hydroxyl groups is 1. The fraction of sp³-hybridized carbons (Fsp3) is 0.588. The van der Waals surface area contributed by atoms with E-state index in [1.807, 2.05) is 23.1 Å². The Bertz CT molecular complexity index is 554. The summed E-state index contributed by atoms with van der Waals surface area (Å²) < 4.78 is 5.55. The molecule has 2 aliphatic rings. The molecule has 0 radical (unpaired) electrons. The molecule has 126 valence electrons. The SMILES string of the molecule is O=C(N[C@@H]1C[C@@H]1c1cccc(Cl)c1)N1CCC[C@H](OCCO)C1. The van der Waals surface area contributed by atoms with E-state index in [1.54, 1.807) is 0 Å². The number of likely N-dealkylation sites (tertiary alicyclic amines) is 1. The lowest BCUT2D eigenvalue weighted by atomic mass is 10.1. The minimum absolute atomic E-state index is 0.0168. The van der Waals surface area contributed by atoms with Gasteiger partial charge in [-0.2, -0.15) is 0 Å². The van der Waals surface area contributed by atoms with Gasteiger partial charge in [0.2, 0.25) is 0 Å². The van der Waals surface area contributed by atoms with Crippen LogP contribution in [0.15, 0.2) is 24.3 Å². The number of piperidine rings is 1. The molecular weight excluding hydrogens is 316 g/mol. The molecule has 1 aliphatic heterocycles. The number of hydrogen-bond acceptors (Lipinski definition) is 3. The van der Waals surface area contributed by atoms with Crippen LogP contribution in [0.3, 0.4) is 0 Å². The van der Waals surface area contributed by atoms with Crippen molar-refractivity contribution in [1.82, 2.24) is 10.2 Å². The lowest BCUT2D eigenvalue weighted by molar-refractivity contribution is -0.00581. The Labute approximate surface area is 141 Å². The highest BCUT2D eigenvalue weighted by molar-refractivity contribution is 6.30. The number of rotatable bonds is 5. The Balaban J connectivity index is 1.48. The molecule has 1 aliphatic carbocycles. The average Bonchev–Trinajstić information content (AvgIpc) is 3.32. The third-order valence-corrected chi connectivity index (χ3v) is 4.72. The summed E-state index contributed by atoms with van der Waals surface area (Å²) >= 11 is 6.02. The number of benzene rings is 1. The number of amides is 2. The van der Waals surface area contributed by atoms with Crippen LogP contribution in [-0.2, 0) is 4.74 Å². The van der Waals surface area contributed by atoms with Gasteiger partial charge in [0.15, 0.2) is 0 Å². The lowest BCUT2D eigenvalue weighted by Crippen LogP contribution is -2.48. The van der Waals surface area contributed by atoms with E-state index in [2.05, 4.69) is 11.4 Å².